The summed E-state index contributed by atoms with van der Waals surface area (Å²) in [6.07, 6.45) is -6.16. The molecule has 9 heteroatoms. The van der Waals surface area contributed by atoms with E-state index < -0.39 is 24.6 Å². The third-order valence-corrected chi connectivity index (χ3v) is 0.833. The first kappa shape index (κ1) is 12.7. The summed E-state index contributed by atoms with van der Waals surface area (Å²) in [6.45, 7) is 0. The average Bonchev–Trinajstić information content (AvgIpc) is 2.16. The van der Waals surface area contributed by atoms with E-state index in [4.69, 9.17) is 0 Å². The molecule has 0 aliphatic carbocycles. The highest BCUT2D eigenvalue weighted by Gasteiger charge is 2.20. The van der Waals surface area contributed by atoms with Gasteiger partial charge >= 0.3 is 24.6 Å². The number of methoxy groups -OCH3 is 2. The molecule has 0 aromatic carbocycles. The standard InChI is InChI=1S/C6H6O9/c1-11-3(7)13-5(9)15-6(10)14-4(8)12-2/h1-2H3. The smallest absolute Gasteiger partial charge is 0.437 e. The van der Waals surface area contributed by atoms with Crippen LogP contribution in [0.25, 0.3) is 0 Å². The Labute approximate surface area is 82.8 Å². The lowest BCUT2D eigenvalue weighted by molar-refractivity contribution is 0.0327. The van der Waals surface area contributed by atoms with E-state index in [1.807, 2.05) is 0 Å². The first-order chi connectivity index (χ1) is 6.99. The number of rotatable bonds is 0. The summed E-state index contributed by atoms with van der Waals surface area (Å²) < 4.78 is 18.9. The monoisotopic (exact) mass is 222 g/mol. The van der Waals surface area contributed by atoms with Gasteiger partial charge in [0.05, 0.1) is 14.2 Å². The molecule has 0 saturated carbocycles. The van der Waals surface area contributed by atoms with E-state index in [9.17, 15) is 19.2 Å². The topological polar surface area (TPSA) is 114 Å². The molecule has 0 heterocycles. The fraction of sp³-hybridized carbons (Fsp3) is 0.333. The highest BCUT2D eigenvalue weighted by atomic mass is 16.9. The summed E-state index contributed by atoms with van der Waals surface area (Å²) in [7, 11) is 1.87. The molecule has 0 aromatic rings. The lowest BCUT2D eigenvalue weighted by Gasteiger charge is -2.01. The van der Waals surface area contributed by atoms with Crippen molar-refractivity contribution in [3.63, 3.8) is 0 Å². The van der Waals surface area contributed by atoms with Crippen LogP contribution in [0.1, 0.15) is 0 Å². The quantitative estimate of drug-likeness (QED) is 0.333. The SMILES string of the molecule is COC(=O)OC(=O)OC(=O)OC(=O)OC. The van der Waals surface area contributed by atoms with E-state index in [1.165, 1.54) is 0 Å². The number of hydrogen-bond acceptors (Lipinski definition) is 9. The summed E-state index contributed by atoms with van der Waals surface area (Å²) >= 11 is 0. The maximum Gasteiger partial charge on any atom is 0.528 e. The first-order valence-corrected chi connectivity index (χ1v) is 3.27. The van der Waals surface area contributed by atoms with Crippen LogP contribution in [0.2, 0.25) is 0 Å². The maximum atomic E-state index is 10.5. The molecule has 0 aliphatic rings. The van der Waals surface area contributed by atoms with Crippen molar-refractivity contribution in [3.05, 3.63) is 0 Å². The molecule has 0 bridgehead atoms. The van der Waals surface area contributed by atoms with Crippen molar-refractivity contribution >= 4 is 24.6 Å². The normalized spacial score (nSPS) is 8.40. The molecule has 15 heavy (non-hydrogen) atoms. The zero-order chi connectivity index (χ0) is 11.8. The van der Waals surface area contributed by atoms with Gasteiger partial charge in [-0.15, -0.1) is 0 Å². The highest BCUT2D eigenvalue weighted by Crippen LogP contribution is 1.94. The lowest BCUT2D eigenvalue weighted by atomic mass is 11.1. The van der Waals surface area contributed by atoms with Crippen LogP contribution in [-0.2, 0) is 23.7 Å². The van der Waals surface area contributed by atoms with E-state index in [-0.39, 0.29) is 0 Å². The summed E-state index contributed by atoms with van der Waals surface area (Å²) in [5, 5.41) is 0. The first-order valence-electron chi connectivity index (χ1n) is 3.27. The third kappa shape index (κ3) is 5.85. The van der Waals surface area contributed by atoms with Crippen molar-refractivity contribution in [3.8, 4) is 0 Å². The van der Waals surface area contributed by atoms with Crippen LogP contribution >= 0.6 is 0 Å². The molecule has 0 atom stereocenters. The van der Waals surface area contributed by atoms with E-state index in [1.54, 1.807) is 0 Å². The molecule has 0 rings (SSSR count). The minimum Gasteiger partial charge on any atom is -0.437 e. The number of carbonyl (C=O) groups excluding carboxylic acids is 4. The van der Waals surface area contributed by atoms with Gasteiger partial charge in [0, 0.05) is 0 Å². The number of hydrogen-bond donors (Lipinski definition) is 0. The minimum atomic E-state index is -1.70. The molecule has 0 N–H and O–H groups in total. The van der Waals surface area contributed by atoms with Crippen LogP contribution in [-0.4, -0.2) is 38.8 Å². The van der Waals surface area contributed by atoms with Gasteiger partial charge in [-0.2, -0.15) is 0 Å². The fourth-order valence-corrected chi connectivity index (χ4v) is 0.329. The van der Waals surface area contributed by atoms with E-state index in [0.717, 1.165) is 14.2 Å². The van der Waals surface area contributed by atoms with Crippen molar-refractivity contribution in [2.24, 2.45) is 0 Å². The summed E-state index contributed by atoms with van der Waals surface area (Å²) in [6, 6.07) is 0. The van der Waals surface area contributed by atoms with Gasteiger partial charge in [-0.05, 0) is 0 Å². The van der Waals surface area contributed by atoms with Gasteiger partial charge < -0.3 is 23.7 Å². The van der Waals surface area contributed by atoms with Gasteiger partial charge in [0.15, 0.2) is 0 Å². The van der Waals surface area contributed by atoms with Crippen LogP contribution in [0.3, 0.4) is 0 Å². The van der Waals surface area contributed by atoms with Crippen LogP contribution in [0.5, 0.6) is 0 Å². The molecule has 84 valence electrons. The zero-order valence-electron chi connectivity index (χ0n) is 7.67. The van der Waals surface area contributed by atoms with Crippen molar-refractivity contribution in [2.75, 3.05) is 14.2 Å². The van der Waals surface area contributed by atoms with E-state index >= 15 is 0 Å². The Kier molecular flexibility index (Phi) is 5.23. The fourth-order valence-electron chi connectivity index (χ4n) is 0.329. The average molecular weight is 222 g/mol. The Morgan fingerprint density at radius 2 is 0.867 bits per heavy atom. The molecule has 0 amide bonds. The van der Waals surface area contributed by atoms with Gasteiger partial charge in [0.1, 0.15) is 0 Å². The molecule has 9 nitrogen and oxygen atoms in total. The second kappa shape index (κ2) is 6.18. The molecular weight excluding hydrogens is 216 g/mol. The van der Waals surface area contributed by atoms with Crippen molar-refractivity contribution < 1.29 is 42.9 Å². The van der Waals surface area contributed by atoms with Gasteiger partial charge in [-0.1, -0.05) is 0 Å². The minimum absolute atomic E-state index is 0.933. The third-order valence-electron chi connectivity index (χ3n) is 0.833. The predicted molar refractivity (Wildman–Crippen MR) is 38.9 cm³/mol. The van der Waals surface area contributed by atoms with Crippen LogP contribution < -0.4 is 0 Å². The van der Waals surface area contributed by atoms with Crippen molar-refractivity contribution in [1.29, 1.82) is 0 Å². The van der Waals surface area contributed by atoms with Crippen LogP contribution in [0.15, 0.2) is 0 Å². The van der Waals surface area contributed by atoms with Crippen LogP contribution in [0.4, 0.5) is 19.2 Å². The van der Waals surface area contributed by atoms with Gasteiger partial charge in [-0.25, -0.2) is 19.2 Å². The van der Waals surface area contributed by atoms with Gasteiger partial charge in [0.25, 0.3) is 0 Å². The highest BCUT2D eigenvalue weighted by molar-refractivity contribution is 5.87. The molecular formula is C6H6O9. The number of carbonyl (C=O) groups is 4. The summed E-state index contributed by atoms with van der Waals surface area (Å²) in [5.74, 6) is 0. The second-order valence-electron chi connectivity index (χ2n) is 1.71. The lowest BCUT2D eigenvalue weighted by Crippen LogP contribution is -2.20. The van der Waals surface area contributed by atoms with Crippen molar-refractivity contribution in [1.82, 2.24) is 0 Å². The Bertz CT molecular complexity index is 252. The van der Waals surface area contributed by atoms with Gasteiger partial charge in [0.2, 0.25) is 0 Å². The molecule has 0 unspecified atom stereocenters. The second-order valence-corrected chi connectivity index (χ2v) is 1.71. The van der Waals surface area contributed by atoms with Crippen molar-refractivity contribution in [2.45, 2.75) is 0 Å². The Morgan fingerprint density at radius 3 is 1.13 bits per heavy atom. The molecule has 0 fully saturated rings. The summed E-state index contributed by atoms with van der Waals surface area (Å²) in [5.41, 5.74) is 0. The Hall–Kier alpha value is -2.32. The largest absolute Gasteiger partial charge is 0.528 e. The molecule has 0 aromatic heterocycles. The molecule has 0 spiro atoms. The Balaban J connectivity index is 3.92. The van der Waals surface area contributed by atoms with Crippen LogP contribution in [0, 0.1) is 0 Å². The molecule has 0 saturated heterocycles. The maximum absolute atomic E-state index is 10.5. The Morgan fingerprint density at radius 1 is 0.600 bits per heavy atom. The number of ether oxygens (including phenoxy) is 5. The van der Waals surface area contributed by atoms with E-state index in [0.29, 0.717) is 0 Å². The zero-order valence-corrected chi connectivity index (χ0v) is 7.67. The summed E-state index contributed by atoms with van der Waals surface area (Å²) in [4.78, 5) is 41.6. The molecule has 0 radical (unpaired) electrons. The van der Waals surface area contributed by atoms with E-state index in [2.05, 4.69) is 23.7 Å². The molecule has 0 aliphatic heterocycles. The van der Waals surface area contributed by atoms with Gasteiger partial charge in [-0.3, -0.25) is 0 Å². The predicted octanol–water partition coefficient (Wildman–Crippen LogP) is 0.809.